The summed E-state index contributed by atoms with van der Waals surface area (Å²) in [6.07, 6.45) is 6.68. The summed E-state index contributed by atoms with van der Waals surface area (Å²) in [6.45, 7) is 14.3. The summed E-state index contributed by atoms with van der Waals surface area (Å²) in [4.78, 5) is 0. The van der Waals surface area contributed by atoms with E-state index in [1.54, 1.807) is 12.2 Å². The second-order valence-electron chi connectivity index (χ2n) is 3.41. The summed E-state index contributed by atoms with van der Waals surface area (Å²) >= 11 is 0. The maximum Gasteiger partial charge on any atom is 0.115 e. The van der Waals surface area contributed by atoms with Gasteiger partial charge in [-0.3, -0.25) is 0 Å². The number of aliphatic hydroxyl groups is 1. The summed E-state index contributed by atoms with van der Waals surface area (Å²) in [5.74, 6) is 1.34. The van der Waals surface area contributed by atoms with Gasteiger partial charge >= 0.3 is 0 Å². The summed E-state index contributed by atoms with van der Waals surface area (Å²) in [7, 11) is 0. The fraction of sp³-hybridized carbons (Fsp3) is 0.385. The second kappa shape index (κ2) is 6.25. The summed E-state index contributed by atoms with van der Waals surface area (Å²) in [6, 6.07) is 0. The lowest BCUT2D eigenvalue weighted by Gasteiger charge is -2.22. The van der Waals surface area contributed by atoms with E-state index in [0.717, 1.165) is 12.0 Å². The van der Waals surface area contributed by atoms with E-state index in [0.29, 0.717) is 17.6 Å². The van der Waals surface area contributed by atoms with Crippen LogP contribution < -0.4 is 0 Å². The molecule has 0 aromatic rings. The van der Waals surface area contributed by atoms with Crippen molar-refractivity contribution in [3.05, 3.63) is 49.3 Å². The summed E-state index contributed by atoms with van der Waals surface area (Å²) in [5, 5.41) is 9.17. The Bertz CT molecular complexity index is 248. The van der Waals surface area contributed by atoms with Crippen LogP contribution in [0.4, 0.5) is 0 Å². The minimum Gasteiger partial charge on any atom is -0.508 e. The number of hydrogen-bond donors (Lipinski definition) is 1. The normalized spacial score (nSPS) is 22.0. The molecule has 1 rings (SSSR count). The first kappa shape index (κ1) is 12.8. The van der Waals surface area contributed by atoms with E-state index in [1.165, 1.54) is 0 Å². The van der Waals surface area contributed by atoms with Crippen LogP contribution in [0.2, 0.25) is 0 Å². The van der Waals surface area contributed by atoms with Gasteiger partial charge < -0.3 is 5.11 Å². The zero-order valence-corrected chi connectivity index (χ0v) is 9.16. The molecule has 0 aromatic carbocycles. The molecule has 78 valence electrons. The monoisotopic (exact) mass is 192 g/mol. The van der Waals surface area contributed by atoms with Crippen LogP contribution in [0.3, 0.4) is 0 Å². The van der Waals surface area contributed by atoms with Gasteiger partial charge in [0, 0.05) is 5.92 Å². The third kappa shape index (κ3) is 3.25. The van der Waals surface area contributed by atoms with Crippen LogP contribution >= 0.6 is 0 Å². The standard InChI is InChI=1S/C11H16O.C2H4/c1-4-8(2)11-6-5-10(12)7-9(11)3;1-2/h5-8,11-12H,3-4H2,1-2H3;1-2H2. The Morgan fingerprint density at radius 2 is 2.07 bits per heavy atom. The molecule has 2 atom stereocenters. The van der Waals surface area contributed by atoms with Gasteiger partial charge in [-0.25, -0.2) is 0 Å². The molecule has 0 spiro atoms. The topological polar surface area (TPSA) is 20.2 Å². The Hall–Kier alpha value is -1.24. The van der Waals surface area contributed by atoms with Crippen LogP contribution in [0.25, 0.3) is 0 Å². The highest BCUT2D eigenvalue weighted by Gasteiger charge is 2.17. The number of aliphatic hydroxyl groups excluding tert-OH is 1. The van der Waals surface area contributed by atoms with Crippen molar-refractivity contribution in [1.82, 2.24) is 0 Å². The van der Waals surface area contributed by atoms with E-state index in [-0.39, 0.29) is 0 Å². The molecule has 0 saturated carbocycles. The van der Waals surface area contributed by atoms with Crippen LogP contribution in [0, 0.1) is 11.8 Å². The van der Waals surface area contributed by atoms with E-state index >= 15 is 0 Å². The molecule has 0 radical (unpaired) electrons. The molecule has 0 fully saturated rings. The van der Waals surface area contributed by atoms with Gasteiger partial charge in [0.05, 0.1) is 0 Å². The molecular formula is C13H20O. The lowest BCUT2D eigenvalue weighted by Crippen LogP contribution is -2.12. The number of allylic oxidation sites excluding steroid dienone is 4. The van der Waals surface area contributed by atoms with Crippen molar-refractivity contribution in [3.8, 4) is 0 Å². The van der Waals surface area contributed by atoms with Crippen LogP contribution in [0.1, 0.15) is 20.3 Å². The minimum absolute atomic E-state index is 0.319. The largest absolute Gasteiger partial charge is 0.508 e. The Morgan fingerprint density at radius 1 is 1.50 bits per heavy atom. The first-order valence-electron chi connectivity index (χ1n) is 4.92. The third-order valence-electron chi connectivity index (χ3n) is 2.49. The van der Waals surface area contributed by atoms with Gasteiger partial charge in [0.1, 0.15) is 5.76 Å². The van der Waals surface area contributed by atoms with Crippen LogP contribution in [0.5, 0.6) is 0 Å². The molecule has 0 amide bonds. The van der Waals surface area contributed by atoms with Crippen molar-refractivity contribution in [2.24, 2.45) is 11.8 Å². The quantitative estimate of drug-likeness (QED) is 0.655. The number of hydrogen-bond acceptors (Lipinski definition) is 1. The summed E-state index contributed by atoms with van der Waals surface area (Å²) in [5.41, 5.74) is 1.02. The Labute approximate surface area is 87.2 Å². The van der Waals surface area contributed by atoms with Crippen molar-refractivity contribution in [3.63, 3.8) is 0 Å². The van der Waals surface area contributed by atoms with Gasteiger partial charge in [0.25, 0.3) is 0 Å². The van der Waals surface area contributed by atoms with Crippen molar-refractivity contribution in [2.45, 2.75) is 20.3 Å². The predicted molar refractivity (Wildman–Crippen MR) is 63.2 cm³/mol. The molecule has 0 bridgehead atoms. The smallest absolute Gasteiger partial charge is 0.115 e. The van der Waals surface area contributed by atoms with Gasteiger partial charge in [0.2, 0.25) is 0 Å². The fourth-order valence-electron chi connectivity index (χ4n) is 1.47. The molecule has 0 aromatic heterocycles. The molecular weight excluding hydrogens is 172 g/mol. The van der Waals surface area contributed by atoms with E-state index < -0.39 is 0 Å². The Morgan fingerprint density at radius 3 is 2.50 bits per heavy atom. The maximum atomic E-state index is 9.17. The average molecular weight is 192 g/mol. The molecule has 0 heterocycles. The zero-order valence-electron chi connectivity index (χ0n) is 9.16. The predicted octanol–water partition coefficient (Wildman–Crippen LogP) is 4.02. The lowest BCUT2D eigenvalue weighted by atomic mass is 9.83. The third-order valence-corrected chi connectivity index (χ3v) is 2.49. The molecule has 1 nitrogen and oxygen atoms in total. The SMILES string of the molecule is C=C.C=C1C=C(O)C=CC1C(C)CC. The zero-order chi connectivity index (χ0) is 11.1. The fourth-order valence-corrected chi connectivity index (χ4v) is 1.47. The first-order valence-corrected chi connectivity index (χ1v) is 4.92. The molecule has 1 aliphatic rings. The van der Waals surface area contributed by atoms with E-state index in [1.807, 2.05) is 6.08 Å². The van der Waals surface area contributed by atoms with Gasteiger partial charge in [0.15, 0.2) is 0 Å². The number of rotatable bonds is 2. The van der Waals surface area contributed by atoms with E-state index in [2.05, 4.69) is 33.6 Å². The van der Waals surface area contributed by atoms with Crippen LogP contribution in [-0.4, -0.2) is 5.11 Å². The van der Waals surface area contributed by atoms with Crippen LogP contribution in [0.15, 0.2) is 49.3 Å². The molecule has 1 aliphatic carbocycles. The molecule has 2 unspecified atom stereocenters. The second-order valence-corrected chi connectivity index (χ2v) is 3.41. The van der Waals surface area contributed by atoms with Crippen LogP contribution in [-0.2, 0) is 0 Å². The van der Waals surface area contributed by atoms with Gasteiger partial charge in [-0.05, 0) is 23.6 Å². The average Bonchev–Trinajstić information content (AvgIpc) is 2.20. The van der Waals surface area contributed by atoms with Crippen molar-refractivity contribution in [2.75, 3.05) is 0 Å². The molecule has 0 aliphatic heterocycles. The lowest BCUT2D eigenvalue weighted by molar-refractivity contribution is 0.415. The molecule has 1 heteroatoms. The Kier molecular flexibility index (Phi) is 5.70. The molecule has 14 heavy (non-hydrogen) atoms. The van der Waals surface area contributed by atoms with Crippen molar-refractivity contribution in [1.29, 1.82) is 0 Å². The molecule has 1 N–H and O–H groups in total. The highest BCUT2D eigenvalue weighted by molar-refractivity contribution is 5.34. The first-order chi connectivity index (χ1) is 6.65. The maximum absolute atomic E-state index is 9.17. The van der Waals surface area contributed by atoms with Crippen molar-refractivity contribution < 1.29 is 5.11 Å². The van der Waals surface area contributed by atoms with Gasteiger partial charge in [-0.1, -0.05) is 32.9 Å². The van der Waals surface area contributed by atoms with Gasteiger partial charge in [-0.2, -0.15) is 0 Å². The molecule has 0 saturated heterocycles. The minimum atomic E-state index is 0.319. The van der Waals surface area contributed by atoms with E-state index in [4.69, 9.17) is 5.11 Å². The highest BCUT2D eigenvalue weighted by atomic mass is 16.3. The summed E-state index contributed by atoms with van der Waals surface area (Å²) < 4.78 is 0. The van der Waals surface area contributed by atoms with Gasteiger partial charge in [-0.15, -0.1) is 13.2 Å². The highest BCUT2D eigenvalue weighted by Crippen LogP contribution is 2.28. The van der Waals surface area contributed by atoms with E-state index in [9.17, 15) is 0 Å². The Balaban J connectivity index is 0.000000791. The van der Waals surface area contributed by atoms with Crippen molar-refractivity contribution >= 4 is 0 Å².